The van der Waals surface area contributed by atoms with E-state index in [2.05, 4.69) is 0 Å². The Morgan fingerprint density at radius 3 is 1.44 bits per heavy atom. The van der Waals surface area contributed by atoms with Gasteiger partial charge >= 0.3 is 0 Å². The van der Waals surface area contributed by atoms with Gasteiger partial charge in [0.25, 0.3) is 0 Å². The molecule has 1 rings (SSSR count). The van der Waals surface area contributed by atoms with Crippen LogP contribution in [-0.4, -0.2) is 13.2 Å². The van der Waals surface area contributed by atoms with Gasteiger partial charge in [-0.15, -0.1) is 0 Å². The summed E-state index contributed by atoms with van der Waals surface area (Å²) in [7, 11) is 2.15. The van der Waals surface area contributed by atoms with Gasteiger partial charge in [-0.1, -0.05) is 51.4 Å². The molecular weight excluding hydrogens is 244 g/mol. The molecule has 2 nitrogen and oxygen atoms in total. The van der Waals surface area contributed by atoms with E-state index in [4.69, 9.17) is 10.7 Å². The number of hydrogen-bond acceptors (Lipinski definition) is 2. The molecule has 96 valence electrons. The van der Waals surface area contributed by atoms with Gasteiger partial charge in [0.05, 0.1) is 4.75 Å². The van der Waals surface area contributed by atoms with Crippen molar-refractivity contribution in [1.29, 1.82) is 0 Å². The summed E-state index contributed by atoms with van der Waals surface area (Å²) < 4.78 is 22.5. The molecule has 0 aromatic heterocycles. The molecule has 16 heavy (non-hydrogen) atoms. The Balaban J connectivity index is 2.65. The second-order valence-corrected chi connectivity index (χ2v) is 8.30. The molecule has 0 atom stereocenters. The molecule has 0 aromatic rings. The van der Waals surface area contributed by atoms with Gasteiger partial charge < -0.3 is 0 Å². The van der Waals surface area contributed by atoms with Crippen LogP contribution in [0.1, 0.15) is 71.1 Å². The van der Waals surface area contributed by atoms with E-state index in [-0.39, 0.29) is 0 Å². The van der Waals surface area contributed by atoms with Crippen molar-refractivity contribution >= 4 is 19.7 Å². The SMILES string of the molecule is CC1(S(=O)(=O)Cl)CCCCCCCCCC1. The number of rotatable bonds is 1. The van der Waals surface area contributed by atoms with Crippen LogP contribution in [-0.2, 0) is 9.05 Å². The maximum atomic E-state index is 11.6. The molecule has 1 saturated carbocycles. The van der Waals surface area contributed by atoms with Gasteiger partial charge in [-0.05, 0) is 19.8 Å². The van der Waals surface area contributed by atoms with Crippen molar-refractivity contribution in [2.45, 2.75) is 75.9 Å². The lowest BCUT2D eigenvalue weighted by molar-refractivity contribution is 0.454. The van der Waals surface area contributed by atoms with E-state index in [1.54, 1.807) is 0 Å². The monoisotopic (exact) mass is 266 g/mol. The highest BCUT2D eigenvalue weighted by molar-refractivity contribution is 8.14. The first-order valence-corrected chi connectivity index (χ1v) is 8.71. The summed E-state index contributed by atoms with van der Waals surface area (Å²) in [5.41, 5.74) is 0. The van der Waals surface area contributed by atoms with Gasteiger partial charge in [0.15, 0.2) is 0 Å². The lowest BCUT2D eigenvalue weighted by Gasteiger charge is -2.25. The summed E-state index contributed by atoms with van der Waals surface area (Å²) in [6.45, 7) is 1.81. The third kappa shape index (κ3) is 4.25. The predicted molar refractivity (Wildman–Crippen MR) is 69.3 cm³/mol. The van der Waals surface area contributed by atoms with Gasteiger partial charge in [-0.2, -0.15) is 0 Å². The van der Waals surface area contributed by atoms with E-state index in [1.165, 1.54) is 25.7 Å². The van der Waals surface area contributed by atoms with Crippen molar-refractivity contribution in [1.82, 2.24) is 0 Å². The van der Waals surface area contributed by atoms with Gasteiger partial charge in [0.1, 0.15) is 0 Å². The Bertz CT molecular complexity index is 286. The minimum atomic E-state index is -3.43. The molecule has 0 unspecified atom stereocenters. The largest absolute Gasteiger partial charge is 0.238 e. The van der Waals surface area contributed by atoms with Gasteiger partial charge in [0.2, 0.25) is 9.05 Å². The molecule has 0 aliphatic heterocycles. The van der Waals surface area contributed by atoms with Crippen LogP contribution in [0.15, 0.2) is 0 Å². The Morgan fingerprint density at radius 1 is 0.812 bits per heavy atom. The highest BCUT2D eigenvalue weighted by atomic mass is 35.7. The van der Waals surface area contributed by atoms with E-state index in [0.717, 1.165) is 38.5 Å². The van der Waals surface area contributed by atoms with Crippen molar-refractivity contribution in [2.24, 2.45) is 0 Å². The zero-order valence-corrected chi connectivity index (χ0v) is 11.7. The van der Waals surface area contributed by atoms with E-state index < -0.39 is 13.8 Å². The number of hydrogen-bond donors (Lipinski definition) is 0. The molecule has 0 bridgehead atoms. The van der Waals surface area contributed by atoms with Crippen molar-refractivity contribution < 1.29 is 8.42 Å². The Hall–Kier alpha value is 0.240. The molecule has 0 radical (unpaired) electrons. The molecule has 1 aliphatic rings. The molecule has 1 aliphatic carbocycles. The average molecular weight is 267 g/mol. The quantitative estimate of drug-likeness (QED) is 0.666. The van der Waals surface area contributed by atoms with Crippen LogP contribution in [0.3, 0.4) is 0 Å². The van der Waals surface area contributed by atoms with E-state index in [0.29, 0.717) is 0 Å². The van der Waals surface area contributed by atoms with E-state index in [1.807, 2.05) is 6.92 Å². The fourth-order valence-electron chi connectivity index (χ4n) is 2.43. The van der Waals surface area contributed by atoms with Crippen LogP contribution < -0.4 is 0 Å². The fraction of sp³-hybridized carbons (Fsp3) is 1.00. The maximum absolute atomic E-state index is 11.6. The first kappa shape index (κ1) is 14.3. The normalized spacial score (nSPS) is 24.6. The minimum absolute atomic E-state index is 0.696. The van der Waals surface area contributed by atoms with Crippen LogP contribution in [0.4, 0.5) is 0 Å². The van der Waals surface area contributed by atoms with Crippen molar-refractivity contribution in [2.75, 3.05) is 0 Å². The average Bonchev–Trinajstić information content (AvgIpc) is 2.22. The Morgan fingerprint density at radius 2 is 1.12 bits per heavy atom. The molecular formula is C12H23ClO2S. The molecule has 0 N–H and O–H groups in total. The van der Waals surface area contributed by atoms with Gasteiger partial charge in [0, 0.05) is 10.7 Å². The Kier molecular flexibility index (Phi) is 5.58. The predicted octanol–water partition coefficient (Wildman–Crippen LogP) is 4.23. The molecule has 4 heteroatoms. The third-order valence-electron chi connectivity index (χ3n) is 3.75. The summed E-state index contributed by atoms with van der Waals surface area (Å²) in [4.78, 5) is 0. The third-order valence-corrected chi connectivity index (χ3v) is 6.45. The zero-order chi connectivity index (χ0) is 12.1. The van der Waals surface area contributed by atoms with Crippen LogP contribution in [0.25, 0.3) is 0 Å². The first-order chi connectivity index (χ1) is 7.46. The summed E-state index contributed by atoms with van der Waals surface area (Å²) >= 11 is 0. The maximum Gasteiger partial charge on any atom is 0.238 e. The first-order valence-electron chi connectivity index (χ1n) is 6.40. The van der Waals surface area contributed by atoms with Crippen molar-refractivity contribution in [3.8, 4) is 0 Å². The summed E-state index contributed by atoms with van der Waals surface area (Å²) in [6, 6.07) is 0. The standard InChI is InChI=1S/C12H23ClO2S/c1-12(16(13,14)15)10-8-6-4-2-3-5-7-9-11-12/h2-11H2,1H3. The van der Waals surface area contributed by atoms with Crippen LogP contribution in [0.2, 0.25) is 0 Å². The molecule has 1 fully saturated rings. The van der Waals surface area contributed by atoms with Crippen LogP contribution >= 0.6 is 10.7 Å². The van der Waals surface area contributed by atoms with E-state index >= 15 is 0 Å². The highest BCUT2D eigenvalue weighted by Crippen LogP contribution is 2.33. The van der Waals surface area contributed by atoms with Gasteiger partial charge in [-0.25, -0.2) is 8.42 Å². The molecule has 0 amide bonds. The second-order valence-electron chi connectivity index (χ2n) is 5.22. The number of halogens is 1. The van der Waals surface area contributed by atoms with Crippen molar-refractivity contribution in [3.63, 3.8) is 0 Å². The lowest BCUT2D eigenvalue weighted by Crippen LogP contribution is -2.31. The smallest absolute Gasteiger partial charge is 0.212 e. The van der Waals surface area contributed by atoms with Crippen molar-refractivity contribution in [3.05, 3.63) is 0 Å². The molecule has 0 spiro atoms. The fourth-order valence-corrected chi connectivity index (χ4v) is 3.67. The Labute approximate surface area is 104 Å². The topological polar surface area (TPSA) is 34.1 Å². The molecule has 0 saturated heterocycles. The highest BCUT2D eigenvalue weighted by Gasteiger charge is 2.36. The van der Waals surface area contributed by atoms with Gasteiger partial charge in [-0.3, -0.25) is 0 Å². The summed E-state index contributed by atoms with van der Waals surface area (Å²) in [5.74, 6) is 0. The second kappa shape index (κ2) is 6.25. The molecule has 0 aromatic carbocycles. The minimum Gasteiger partial charge on any atom is -0.212 e. The molecule has 0 heterocycles. The summed E-state index contributed by atoms with van der Waals surface area (Å²) in [6.07, 6.45) is 10.8. The lowest BCUT2D eigenvalue weighted by atomic mass is 9.96. The zero-order valence-electron chi connectivity index (χ0n) is 10.2. The van der Waals surface area contributed by atoms with E-state index in [9.17, 15) is 8.42 Å². The van der Waals surface area contributed by atoms with Crippen LogP contribution in [0, 0.1) is 0 Å². The van der Waals surface area contributed by atoms with Crippen LogP contribution in [0.5, 0.6) is 0 Å². The summed E-state index contributed by atoms with van der Waals surface area (Å²) in [5, 5.41) is 0.